The van der Waals surface area contributed by atoms with Crippen molar-refractivity contribution < 1.29 is 14.3 Å². The average molecular weight is 420 g/mol. The van der Waals surface area contributed by atoms with Crippen LogP contribution in [0.3, 0.4) is 0 Å². The number of methoxy groups -OCH3 is 1. The van der Waals surface area contributed by atoms with Gasteiger partial charge in [0, 0.05) is 36.5 Å². The first-order valence-corrected chi connectivity index (χ1v) is 10.8. The van der Waals surface area contributed by atoms with Crippen LogP contribution in [0.5, 0.6) is 5.75 Å². The highest BCUT2D eigenvalue weighted by molar-refractivity contribution is 5.98. The number of aromatic nitrogens is 1. The van der Waals surface area contributed by atoms with Crippen LogP contribution in [0.15, 0.2) is 54.6 Å². The lowest BCUT2D eigenvalue weighted by molar-refractivity contribution is -0.126. The Morgan fingerprint density at radius 2 is 1.84 bits per heavy atom. The number of hydrogen-bond donors (Lipinski definition) is 2. The van der Waals surface area contributed by atoms with E-state index < -0.39 is 0 Å². The molecule has 2 aromatic carbocycles. The van der Waals surface area contributed by atoms with Crippen molar-refractivity contribution in [2.75, 3.05) is 20.2 Å². The van der Waals surface area contributed by atoms with Crippen molar-refractivity contribution in [2.45, 2.75) is 26.3 Å². The van der Waals surface area contributed by atoms with Crippen LogP contribution in [0.2, 0.25) is 0 Å². The van der Waals surface area contributed by atoms with E-state index in [0.29, 0.717) is 25.3 Å². The fourth-order valence-electron chi connectivity index (χ4n) is 4.27. The Labute approximate surface area is 182 Å². The van der Waals surface area contributed by atoms with Crippen LogP contribution in [0.1, 0.15) is 35.8 Å². The summed E-state index contributed by atoms with van der Waals surface area (Å²) in [4.78, 5) is 30.7. The Kier molecular flexibility index (Phi) is 6.26. The lowest BCUT2D eigenvalue weighted by atomic mass is 9.84. The van der Waals surface area contributed by atoms with Gasteiger partial charge in [0.1, 0.15) is 11.4 Å². The Hall–Kier alpha value is -3.28. The van der Waals surface area contributed by atoms with Crippen LogP contribution >= 0.6 is 0 Å². The number of aromatic amines is 1. The number of carbonyl (C=O) groups is 2. The normalized spacial score (nSPS) is 15.6. The molecule has 2 heterocycles. The van der Waals surface area contributed by atoms with Crippen LogP contribution in [0.4, 0.5) is 0 Å². The summed E-state index contributed by atoms with van der Waals surface area (Å²) in [5.41, 5.74) is 2.65. The second kappa shape index (κ2) is 9.25. The van der Waals surface area contributed by atoms with Crippen molar-refractivity contribution in [1.29, 1.82) is 0 Å². The van der Waals surface area contributed by atoms with Gasteiger partial charge in [0.25, 0.3) is 5.91 Å². The van der Waals surface area contributed by atoms with Crippen molar-refractivity contribution >= 4 is 22.7 Å². The number of ether oxygens (including phenoxy) is 1. The number of nitrogens with zero attached hydrogens (tertiary/aromatic N) is 1. The number of carbonyl (C=O) groups excluding carboxylic acids is 2. The number of fused-ring (bicyclic) bond motifs is 1. The Morgan fingerprint density at radius 3 is 2.52 bits per heavy atom. The SMILES string of the molecule is COc1ccc(CNC(=O)[C@@H](C)C2CCN(C(=O)c3cc4ccccc4[nH]3)CC2)cc1. The second-order valence-corrected chi connectivity index (χ2v) is 8.25. The highest BCUT2D eigenvalue weighted by Gasteiger charge is 2.30. The Morgan fingerprint density at radius 1 is 1.13 bits per heavy atom. The first-order valence-electron chi connectivity index (χ1n) is 10.8. The van der Waals surface area contributed by atoms with Crippen LogP contribution < -0.4 is 10.1 Å². The lowest BCUT2D eigenvalue weighted by Gasteiger charge is -2.34. The van der Waals surface area contributed by atoms with Crippen molar-refractivity contribution in [3.63, 3.8) is 0 Å². The van der Waals surface area contributed by atoms with Crippen LogP contribution in [-0.2, 0) is 11.3 Å². The molecule has 1 atom stereocenters. The number of benzene rings is 2. The van der Waals surface area contributed by atoms with Gasteiger partial charge >= 0.3 is 0 Å². The Balaban J connectivity index is 1.28. The number of nitrogens with one attached hydrogen (secondary N) is 2. The number of rotatable bonds is 6. The quantitative estimate of drug-likeness (QED) is 0.635. The maximum Gasteiger partial charge on any atom is 0.270 e. The minimum absolute atomic E-state index is 0.0336. The van der Waals surface area contributed by atoms with E-state index in [1.807, 2.05) is 66.4 Å². The summed E-state index contributed by atoms with van der Waals surface area (Å²) in [6.45, 7) is 3.85. The molecule has 0 saturated carbocycles. The molecule has 0 unspecified atom stereocenters. The molecule has 4 rings (SSSR count). The molecule has 1 aromatic heterocycles. The van der Waals surface area contributed by atoms with E-state index >= 15 is 0 Å². The van der Waals surface area contributed by atoms with E-state index in [1.54, 1.807) is 7.11 Å². The maximum atomic E-state index is 12.9. The molecule has 2 N–H and O–H groups in total. The van der Waals surface area contributed by atoms with E-state index in [4.69, 9.17) is 4.74 Å². The third kappa shape index (κ3) is 4.74. The van der Waals surface area contributed by atoms with E-state index in [1.165, 1.54) is 0 Å². The van der Waals surface area contributed by atoms with Crippen molar-refractivity contribution in [3.8, 4) is 5.75 Å². The molecule has 3 aromatic rings. The highest BCUT2D eigenvalue weighted by atomic mass is 16.5. The van der Waals surface area contributed by atoms with Gasteiger partial charge in [0.15, 0.2) is 0 Å². The summed E-state index contributed by atoms with van der Waals surface area (Å²) < 4.78 is 5.16. The molecule has 1 aliphatic rings. The number of likely N-dealkylation sites (tertiary alicyclic amines) is 1. The van der Waals surface area contributed by atoms with E-state index in [0.717, 1.165) is 35.1 Å². The number of piperidine rings is 1. The van der Waals surface area contributed by atoms with Gasteiger partial charge in [-0.25, -0.2) is 0 Å². The smallest absolute Gasteiger partial charge is 0.270 e. The summed E-state index contributed by atoms with van der Waals surface area (Å²) in [6, 6.07) is 17.5. The van der Waals surface area contributed by atoms with Gasteiger partial charge in [-0.15, -0.1) is 0 Å². The van der Waals surface area contributed by atoms with Gasteiger partial charge < -0.3 is 19.9 Å². The molecule has 1 aliphatic heterocycles. The van der Waals surface area contributed by atoms with Gasteiger partial charge in [0.05, 0.1) is 7.11 Å². The Bertz CT molecular complexity index is 1020. The fraction of sp³-hybridized carbons (Fsp3) is 0.360. The zero-order valence-corrected chi connectivity index (χ0v) is 18.1. The predicted molar refractivity (Wildman–Crippen MR) is 121 cm³/mol. The summed E-state index contributed by atoms with van der Waals surface area (Å²) in [7, 11) is 1.64. The van der Waals surface area contributed by atoms with E-state index in [-0.39, 0.29) is 23.7 Å². The van der Waals surface area contributed by atoms with Gasteiger partial charge in [-0.1, -0.05) is 37.3 Å². The topological polar surface area (TPSA) is 74.4 Å². The van der Waals surface area contributed by atoms with Crippen molar-refractivity contribution in [3.05, 3.63) is 65.9 Å². The molecule has 0 spiro atoms. The molecule has 1 fully saturated rings. The van der Waals surface area contributed by atoms with E-state index in [2.05, 4.69) is 10.3 Å². The molecular weight excluding hydrogens is 390 g/mol. The summed E-state index contributed by atoms with van der Waals surface area (Å²) in [5, 5.41) is 4.09. The summed E-state index contributed by atoms with van der Waals surface area (Å²) >= 11 is 0. The van der Waals surface area contributed by atoms with Crippen LogP contribution in [-0.4, -0.2) is 41.9 Å². The molecule has 0 radical (unpaired) electrons. The monoisotopic (exact) mass is 419 g/mol. The molecule has 1 saturated heterocycles. The average Bonchev–Trinajstić information content (AvgIpc) is 3.26. The second-order valence-electron chi connectivity index (χ2n) is 8.25. The highest BCUT2D eigenvalue weighted by Crippen LogP contribution is 2.27. The number of para-hydroxylation sites is 1. The standard InChI is InChI=1S/C25H29N3O3/c1-17(24(29)26-16-18-7-9-21(31-2)10-8-18)19-11-13-28(14-12-19)25(30)23-15-20-5-3-4-6-22(20)27-23/h3-10,15,17,19,27H,11-14,16H2,1-2H3,(H,26,29)/t17-/m0/s1. The third-order valence-electron chi connectivity index (χ3n) is 6.33. The van der Waals surface area contributed by atoms with Gasteiger partial charge in [0.2, 0.25) is 5.91 Å². The first-order chi connectivity index (χ1) is 15.0. The molecule has 162 valence electrons. The van der Waals surface area contributed by atoms with Crippen LogP contribution in [0, 0.1) is 11.8 Å². The molecule has 0 bridgehead atoms. The minimum atomic E-state index is -0.0800. The van der Waals surface area contributed by atoms with Crippen molar-refractivity contribution in [2.24, 2.45) is 11.8 Å². The lowest BCUT2D eigenvalue weighted by Crippen LogP contribution is -2.42. The molecule has 2 amide bonds. The minimum Gasteiger partial charge on any atom is -0.497 e. The van der Waals surface area contributed by atoms with Crippen LogP contribution in [0.25, 0.3) is 10.9 Å². The van der Waals surface area contributed by atoms with Crippen molar-refractivity contribution in [1.82, 2.24) is 15.2 Å². The fourth-order valence-corrected chi connectivity index (χ4v) is 4.27. The number of amides is 2. The van der Waals surface area contributed by atoms with Gasteiger partial charge in [-0.2, -0.15) is 0 Å². The molecular formula is C25H29N3O3. The summed E-state index contributed by atoms with van der Waals surface area (Å²) in [5.74, 6) is 1.10. The zero-order chi connectivity index (χ0) is 21.8. The van der Waals surface area contributed by atoms with E-state index in [9.17, 15) is 9.59 Å². The van der Waals surface area contributed by atoms with Gasteiger partial charge in [-0.05, 0) is 48.6 Å². The molecule has 6 heteroatoms. The van der Waals surface area contributed by atoms with Gasteiger partial charge in [-0.3, -0.25) is 9.59 Å². The molecule has 6 nitrogen and oxygen atoms in total. The first kappa shape index (κ1) is 21.0. The predicted octanol–water partition coefficient (Wildman–Crippen LogP) is 3.98. The number of hydrogen-bond acceptors (Lipinski definition) is 3. The maximum absolute atomic E-state index is 12.9. The summed E-state index contributed by atoms with van der Waals surface area (Å²) in [6.07, 6.45) is 1.67. The third-order valence-corrected chi connectivity index (χ3v) is 6.33. The molecule has 31 heavy (non-hydrogen) atoms. The largest absolute Gasteiger partial charge is 0.497 e. The number of H-pyrrole nitrogens is 1. The zero-order valence-electron chi connectivity index (χ0n) is 18.1. The molecule has 0 aliphatic carbocycles.